The third kappa shape index (κ3) is 2.72. The summed E-state index contributed by atoms with van der Waals surface area (Å²) in [5, 5.41) is 8.79. The summed E-state index contributed by atoms with van der Waals surface area (Å²) in [4.78, 5) is 26.4. The van der Waals surface area contributed by atoms with Gasteiger partial charge in [-0.05, 0) is 20.4 Å². The number of nitrogens with zero attached hydrogens (tertiary/aromatic N) is 2. The normalized spacial score (nSPS) is 24.6. The van der Waals surface area contributed by atoms with E-state index in [4.69, 9.17) is 5.11 Å². The molecule has 0 aromatic rings. The molecule has 0 saturated carbocycles. The first-order valence-corrected chi connectivity index (χ1v) is 5.69. The molecule has 0 spiro atoms. The predicted molar refractivity (Wildman–Crippen MR) is 60.1 cm³/mol. The Kier molecular flexibility index (Phi) is 4.29. The van der Waals surface area contributed by atoms with Crippen LogP contribution in [-0.4, -0.2) is 59.0 Å². The number of likely N-dealkylation sites (N-methyl/N-ethyl adjacent to an activating group) is 1. The summed E-state index contributed by atoms with van der Waals surface area (Å²) < 4.78 is 0. The number of carboxylic acids is 1. The highest BCUT2D eigenvalue weighted by Gasteiger charge is 2.35. The van der Waals surface area contributed by atoms with Gasteiger partial charge < -0.3 is 10.0 Å². The first-order valence-electron chi connectivity index (χ1n) is 5.69. The maximum absolute atomic E-state index is 12.1. The number of amides is 1. The van der Waals surface area contributed by atoms with Crippen molar-refractivity contribution in [3.63, 3.8) is 0 Å². The lowest BCUT2D eigenvalue weighted by Crippen LogP contribution is -2.58. The van der Waals surface area contributed by atoms with Crippen LogP contribution in [0.2, 0.25) is 0 Å². The fraction of sp³-hybridized carbons (Fsp3) is 0.818. The molecule has 92 valence electrons. The molecule has 5 heteroatoms. The Morgan fingerprint density at radius 2 is 2.19 bits per heavy atom. The van der Waals surface area contributed by atoms with Crippen molar-refractivity contribution in [3.05, 3.63) is 0 Å². The van der Waals surface area contributed by atoms with E-state index in [-0.39, 0.29) is 18.4 Å². The van der Waals surface area contributed by atoms with E-state index in [1.807, 2.05) is 18.7 Å². The maximum atomic E-state index is 12.1. The van der Waals surface area contributed by atoms with E-state index < -0.39 is 12.0 Å². The topological polar surface area (TPSA) is 60.9 Å². The van der Waals surface area contributed by atoms with Crippen molar-refractivity contribution in [1.82, 2.24) is 9.80 Å². The van der Waals surface area contributed by atoms with Crippen LogP contribution >= 0.6 is 0 Å². The van der Waals surface area contributed by atoms with Crippen LogP contribution in [0.4, 0.5) is 0 Å². The van der Waals surface area contributed by atoms with Gasteiger partial charge in [-0.15, -0.1) is 0 Å². The molecule has 1 N–H and O–H groups in total. The number of rotatable bonds is 4. The summed E-state index contributed by atoms with van der Waals surface area (Å²) >= 11 is 0. The molecule has 5 nitrogen and oxygen atoms in total. The van der Waals surface area contributed by atoms with Crippen LogP contribution < -0.4 is 0 Å². The number of carbonyl (C=O) groups excluding carboxylic acids is 1. The molecule has 0 aromatic heterocycles. The van der Waals surface area contributed by atoms with Gasteiger partial charge in [-0.1, -0.05) is 6.92 Å². The number of aliphatic carboxylic acids is 1. The molecular weight excluding hydrogens is 208 g/mol. The van der Waals surface area contributed by atoms with E-state index in [1.54, 1.807) is 11.9 Å². The Hall–Kier alpha value is -1.10. The van der Waals surface area contributed by atoms with Crippen LogP contribution in [-0.2, 0) is 9.59 Å². The van der Waals surface area contributed by atoms with E-state index >= 15 is 0 Å². The fourth-order valence-corrected chi connectivity index (χ4v) is 1.98. The minimum atomic E-state index is -0.920. The van der Waals surface area contributed by atoms with Crippen molar-refractivity contribution in [2.45, 2.75) is 38.8 Å². The molecule has 0 radical (unpaired) electrons. The van der Waals surface area contributed by atoms with E-state index in [1.165, 1.54) is 0 Å². The van der Waals surface area contributed by atoms with E-state index in [0.717, 1.165) is 13.0 Å². The lowest BCUT2D eigenvalue weighted by atomic mass is 10.1. The molecule has 1 amide bonds. The van der Waals surface area contributed by atoms with Crippen molar-refractivity contribution in [2.24, 2.45) is 0 Å². The monoisotopic (exact) mass is 228 g/mol. The lowest BCUT2D eigenvalue weighted by molar-refractivity contribution is -0.150. The van der Waals surface area contributed by atoms with E-state index in [2.05, 4.69) is 0 Å². The molecule has 2 atom stereocenters. The Bertz CT molecular complexity index is 280. The first-order chi connectivity index (χ1) is 7.47. The molecule has 1 aliphatic rings. The van der Waals surface area contributed by atoms with Crippen LogP contribution in [0.25, 0.3) is 0 Å². The Morgan fingerprint density at radius 3 is 2.69 bits per heavy atom. The highest BCUT2D eigenvalue weighted by Crippen LogP contribution is 2.16. The van der Waals surface area contributed by atoms with Crippen LogP contribution in [0.15, 0.2) is 0 Å². The largest absolute Gasteiger partial charge is 0.481 e. The van der Waals surface area contributed by atoms with Crippen LogP contribution in [0.5, 0.6) is 0 Å². The minimum Gasteiger partial charge on any atom is -0.481 e. The zero-order valence-electron chi connectivity index (χ0n) is 10.1. The van der Waals surface area contributed by atoms with Crippen LogP contribution in [0.3, 0.4) is 0 Å². The number of carbonyl (C=O) groups is 2. The van der Waals surface area contributed by atoms with Gasteiger partial charge in [0, 0.05) is 19.1 Å². The van der Waals surface area contributed by atoms with Gasteiger partial charge in [-0.2, -0.15) is 0 Å². The molecule has 0 aliphatic carbocycles. The summed E-state index contributed by atoms with van der Waals surface area (Å²) in [6, 6.07) is -0.308. The zero-order chi connectivity index (χ0) is 12.3. The van der Waals surface area contributed by atoms with Crippen molar-refractivity contribution in [2.75, 3.05) is 20.1 Å². The second-order valence-corrected chi connectivity index (χ2v) is 4.38. The smallest absolute Gasteiger partial charge is 0.305 e. The maximum Gasteiger partial charge on any atom is 0.305 e. The van der Waals surface area contributed by atoms with Gasteiger partial charge in [0.15, 0.2) is 0 Å². The highest BCUT2D eigenvalue weighted by atomic mass is 16.4. The van der Waals surface area contributed by atoms with Crippen molar-refractivity contribution >= 4 is 11.9 Å². The van der Waals surface area contributed by atoms with E-state index in [0.29, 0.717) is 6.54 Å². The van der Waals surface area contributed by atoms with Gasteiger partial charge in [0.25, 0.3) is 0 Å². The molecule has 1 aliphatic heterocycles. The molecule has 1 fully saturated rings. The molecule has 2 unspecified atom stereocenters. The number of hydrogen-bond acceptors (Lipinski definition) is 3. The minimum absolute atomic E-state index is 0.0505. The quantitative estimate of drug-likeness (QED) is 0.756. The van der Waals surface area contributed by atoms with Gasteiger partial charge in [-0.25, -0.2) is 0 Å². The summed E-state index contributed by atoms with van der Waals surface area (Å²) in [5.74, 6) is -0.971. The number of carboxylic acid groups (broad SMARTS) is 1. The summed E-state index contributed by atoms with van der Waals surface area (Å²) in [5.41, 5.74) is 0. The third-order valence-corrected chi connectivity index (χ3v) is 3.28. The Morgan fingerprint density at radius 1 is 1.56 bits per heavy atom. The Labute approximate surface area is 96.0 Å². The third-order valence-electron chi connectivity index (χ3n) is 3.28. The number of piperazine rings is 1. The van der Waals surface area contributed by atoms with Gasteiger partial charge in [0.1, 0.15) is 0 Å². The highest BCUT2D eigenvalue weighted by molar-refractivity contribution is 5.87. The average Bonchev–Trinajstić information content (AvgIpc) is 2.23. The molecule has 0 aromatic carbocycles. The van der Waals surface area contributed by atoms with Gasteiger partial charge in [-0.3, -0.25) is 14.5 Å². The molecule has 0 bridgehead atoms. The zero-order valence-corrected chi connectivity index (χ0v) is 10.1. The SMILES string of the molecule is CCC(C)N1CCN(C)C(CC(=O)O)C1=O. The Balaban J connectivity index is 2.74. The second kappa shape index (κ2) is 5.30. The van der Waals surface area contributed by atoms with Crippen LogP contribution in [0.1, 0.15) is 26.7 Å². The predicted octanol–water partition coefficient (Wildman–Crippen LogP) is 0.402. The lowest BCUT2D eigenvalue weighted by Gasteiger charge is -2.40. The fourth-order valence-electron chi connectivity index (χ4n) is 1.98. The molecular formula is C11H20N2O3. The van der Waals surface area contributed by atoms with Crippen molar-refractivity contribution in [3.8, 4) is 0 Å². The van der Waals surface area contributed by atoms with Crippen LogP contribution in [0, 0.1) is 0 Å². The number of hydrogen-bond donors (Lipinski definition) is 1. The summed E-state index contributed by atoms with van der Waals surface area (Å²) in [7, 11) is 1.81. The van der Waals surface area contributed by atoms with Gasteiger partial charge in [0.05, 0.1) is 12.5 Å². The standard InChI is InChI=1S/C11H20N2O3/c1-4-8(2)13-6-5-12(3)9(11(13)16)7-10(14)15/h8-9H,4-7H2,1-3H3,(H,14,15). The summed E-state index contributed by atoms with van der Waals surface area (Å²) in [6.07, 6.45) is 0.789. The molecule has 1 heterocycles. The van der Waals surface area contributed by atoms with E-state index in [9.17, 15) is 9.59 Å². The summed E-state index contributed by atoms with van der Waals surface area (Å²) in [6.45, 7) is 5.47. The molecule has 16 heavy (non-hydrogen) atoms. The molecule has 1 saturated heterocycles. The molecule has 1 rings (SSSR count). The van der Waals surface area contributed by atoms with Crippen molar-refractivity contribution < 1.29 is 14.7 Å². The van der Waals surface area contributed by atoms with Gasteiger partial charge in [0.2, 0.25) is 5.91 Å². The average molecular weight is 228 g/mol. The van der Waals surface area contributed by atoms with Crippen molar-refractivity contribution in [1.29, 1.82) is 0 Å². The second-order valence-electron chi connectivity index (χ2n) is 4.38. The van der Waals surface area contributed by atoms with Gasteiger partial charge >= 0.3 is 5.97 Å². The first kappa shape index (κ1) is 13.0.